The second kappa shape index (κ2) is 11.5. The number of nitrogens with zero attached hydrogens (tertiary/aromatic N) is 5. The van der Waals surface area contributed by atoms with E-state index in [9.17, 15) is 0 Å². The molecule has 2 aliphatic rings. The molecule has 0 saturated carbocycles. The molecule has 32 heavy (non-hydrogen) atoms. The van der Waals surface area contributed by atoms with Gasteiger partial charge in [0.15, 0.2) is 5.96 Å². The summed E-state index contributed by atoms with van der Waals surface area (Å²) in [5, 5.41) is 16.0. The second-order valence-electron chi connectivity index (χ2n) is 9.27. The lowest BCUT2D eigenvalue weighted by atomic mass is 9.97. The molecule has 7 heteroatoms. The van der Waals surface area contributed by atoms with Crippen molar-refractivity contribution in [3.63, 3.8) is 0 Å². The van der Waals surface area contributed by atoms with Crippen molar-refractivity contribution in [3.8, 4) is 0 Å². The van der Waals surface area contributed by atoms with E-state index in [-0.39, 0.29) is 0 Å². The highest BCUT2D eigenvalue weighted by Gasteiger charge is 2.26. The minimum Gasteiger partial charge on any atom is -0.356 e. The van der Waals surface area contributed by atoms with Gasteiger partial charge >= 0.3 is 0 Å². The Kier molecular flexibility index (Phi) is 8.15. The third kappa shape index (κ3) is 6.09. The molecule has 3 heterocycles. The summed E-state index contributed by atoms with van der Waals surface area (Å²) in [7, 11) is 1.86. The van der Waals surface area contributed by atoms with Crippen molar-refractivity contribution in [1.29, 1.82) is 0 Å². The second-order valence-corrected chi connectivity index (χ2v) is 9.27. The maximum Gasteiger partial charge on any atom is 0.191 e. The Morgan fingerprint density at radius 2 is 2.00 bits per heavy atom. The van der Waals surface area contributed by atoms with E-state index >= 15 is 0 Å². The Balaban J connectivity index is 1.18. The Morgan fingerprint density at radius 3 is 2.81 bits per heavy atom. The van der Waals surface area contributed by atoms with Gasteiger partial charge in [-0.1, -0.05) is 36.8 Å². The first-order chi connectivity index (χ1) is 15.7. The fourth-order valence-corrected chi connectivity index (χ4v) is 4.98. The Labute approximate surface area is 192 Å². The summed E-state index contributed by atoms with van der Waals surface area (Å²) in [5.41, 5.74) is 1.40. The lowest BCUT2D eigenvalue weighted by Crippen LogP contribution is -2.51. The maximum absolute atomic E-state index is 4.46. The van der Waals surface area contributed by atoms with E-state index in [2.05, 4.69) is 72.5 Å². The number of benzene rings is 1. The largest absolute Gasteiger partial charge is 0.356 e. The molecule has 1 aromatic carbocycles. The monoisotopic (exact) mass is 437 g/mol. The van der Waals surface area contributed by atoms with Crippen molar-refractivity contribution in [1.82, 2.24) is 30.3 Å². The summed E-state index contributed by atoms with van der Waals surface area (Å²) < 4.78 is 2.35. The standard InChI is InChI=1S/C25H39N7/c1-20-18-22(14-17-31(20)19-21-10-5-3-6-11-21)28-25(26-2)27-15-9-13-24-30-29-23-12-7-4-8-16-32(23)24/h3,5-6,10-11,20,22H,4,7-9,12-19H2,1-2H3,(H2,26,27,28). The van der Waals surface area contributed by atoms with Crippen LogP contribution in [0.4, 0.5) is 0 Å². The molecule has 0 radical (unpaired) electrons. The molecule has 2 aliphatic heterocycles. The van der Waals surface area contributed by atoms with Crippen molar-refractivity contribution in [3.05, 3.63) is 47.5 Å². The number of guanidine groups is 1. The molecular formula is C25H39N7. The quantitative estimate of drug-likeness (QED) is 0.396. The van der Waals surface area contributed by atoms with Gasteiger partial charge in [-0.2, -0.15) is 0 Å². The molecule has 0 aliphatic carbocycles. The molecule has 2 atom stereocenters. The van der Waals surface area contributed by atoms with E-state index in [4.69, 9.17) is 0 Å². The molecule has 2 N–H and O–H groups in total. The molecule has 7 nitrogen and oxygen atoms in total. The highest BCUT2D eigenvalue weighted by atomic mass is 15.3. The SMILES string of the molecule is CN=C(NCCCc1nnc2n1CCCCC2)NC1CCN(Cc2ccccc2)C(C)C1. The Hall–Kier alpha value is -2.41. The predicted molar refractivity (Wildman–Crippen MR) is 130 cm³/mol. The van der Waals surface area contributed by atoms with Gasteiger partial charge in [0.1, 0.15) is 11.6 Å². The van der Waals surface area contributed by atoms with Gasteiger partial charge in [-0.15, -0.1) is 10.2 Å². The van der Waals surface area contributed by atoms with Crippen LogP contribution in [0.15, 0.2) is 35.3 Å². The van der Waals surface area contributed by atoms with Crippen LogP contribution in [0.1, 0.15) is 62.7 Å². The maximum atomic E-state index is 4.46. The lowest BCUT2D eigenvalue weighted by molar-refractivity contribution is 0.134. The van der Waals surface area contributed by atoms with E-state index in [0.717, 1.165) is 70.1 Å². The smallest absolute Gasteiger partial charge is 0.191 e. The third-order valence-electron chi connectivity index (χ3n) is 6.86. The molecule has 0 bridgehead atoms. The first kappa shape index (κ1) is 22.8. The number of likely N-dealkylation sites (tertiary alicyclic amines) is 1. The minimum absolute atomic E-state index is 0.468. The van der Waals surface area contributed by atoms with Crippen molar-refractivity contribution in [2.24, 2.45) is 4.99 Å². The molecule has 4 rings (SSSR count). The van der Waals surface area contributed by atoms with Crippen molar-refractivity contribution >= 4 is 5.96 Å². The summed E-state index contributed by atoms with van der Waals surface area (Å²) in [6, 6.07) is 11.8. The topological polar surface area (TPSA) is 70.4 Å². The number of nitrogens with one attached hydrogen (secondary N) is 2. The van der Waals surface area contributed by atoms with Crippen LogP contribution in [-0.2, 0) is 25.9 Å². The number of aryl methyl sites for hydroxylation is 2. The van der Waals surface area contributed by atoms with Gasteiger partial charge in [0.05, 0.1) is 0 Å². The summed E-state index contributed by atoms with van der Waals surface area (Å²) in [6.07, 6.45) is 9.14. The zero-order valence-corrected chi connectivity index (χ0v) is 19.8. The van der Waals surface area contributed by atoms with Gasteiger partial charge in [0.2, 0.25) is 0 Å². The van der Waals surface area contributed by atoms with Gasteiger partial charge in [-0.05, 0) is 44.6 Å². The fraction of sp³-hybridized carbons (Fsp3) is 0.640. The minimum atomic E-state index is 0.468. The van der Waals surface area contributed by atoms with Crippen molar-refractivity contribution in [2.75, 3.05) is 20.1 Å². The first-order valence-corrected chi connectivity index (χ1v) is 12.4. The number of rotatable bonds is 7. The van der Waals surface area contributed by atoms with E-state index in [1.807, 2.05) is 7.05 Å². The molecule has 2 unspecified atom stereocenters. The number of aliphatic imine (C=N–C) groups is 1. The third-order valence-corrected chi connectivity index (χ3v) is 6.86. The van der Waals surface area contributed by atoms with E-state index < -0.39 is 0 Å². The molecule has 2 aromatic rings. The van der Waals surface area contributed by atoms with Crippen LogP contribution in [0, 0.1) is 0 Å². The van der Waals surface area contributed by atoms with Crippen LogP contribution in [0.2, 0.25) is 0 Å². The molecule has 0 spiro atoms. The Morgan fingerprint density at radius 1 is 1.12 bits per heavy atom. The van der Waals surface area contributed by atoms with Gasteiger partial charge in [0, 0.05) is 58.2 Å². The van der Waals surface area contributed by atoms with Gasteiger partial charge in [-0.25, -0.2) is 0 Å². The van der Waals surface area contributed by atoms with Gasteiger partial charge < -0.3 is 15.2 Å². The molecule has 0 amide bonds. The number of hydrogen-bond acceptors (Lipinski definition) is 4. The van der Waals surface area contributed by atoms with Crippen LogP contribution in [0.5, 0.6) is 0 Å². The zero-order chi connectivity index (χ0) is 22.2. The molecule has 1 aromatic heterocycles. The van der Waals surface area contributed by atoms with Gasteiger partial charge in [-0.3, -0.25) is 9.89 Å². The normalized spacial score (nSPS) is 22.2. The summed E-state index contributed by atoms with van der Waals surface area (Å²) in [5.74, 6) is 3.24. The van der Waals surface area contributed by atoms with Gasteiger partial charge in [0.25, 0.3) is 0 Å². The van der Waals surface area contributed by atoms with Crippen LogP contribution in [-0.4, -0.2) is 57.8 Å². The van der Waals surface area contributed by atoms with Crippen molar-refractivity contribution in [2.45, 2.75) is 83.5 Å². The number of fused-ring (bicyclic) bond motifs is 1. The fourth-order valence-electron chi connectivity index (χ4n) is 4.98. The van der Waals surface area contributed by atoms with E-state index in [1.54, 1.807) is 0 Å². The lowest BCUT2D eigenvalue weighted by Gasteiger charge is -2.38. The Bertz CT molecular complexity index is 860. The average Bonchev–Trinajstić information content (AvgIpc) is 3.04. The highest BCUT2D eigenvalue weighted by molar-refractivity contribution is 5.79. The predicted octanol–water partition coefficient (Wildman–Crippen LogP) is 3.16. The highest BCUT2D eigenvalue weighted by Crippen LogP contribution is 2.20. The van der Waals surface area contributed by atoms with Crippen molar-refractivity contribution < 1.29 is 0 Å². The molecule has 1 fully saturated rings. The molecule has 174 valence electrons. The average molecular weight is 438 g/mol. The van der Waals surface area contributed by atoms with E-state index in [0.29, 0.717) is 12.1 Å². The van der Waals surface area contributed by atoms with Crippen LogP contribution in [0.25, 0.3) is 0 Å². The zero-order valence-electron chi connectivity index (χ0n) is 19.8. The number of piperidine rings is 1. The van der Waals surface area contributed by atoms with Crippen LogP contribution < -0.4 is 10.6 Å². The molecular weight excluding hydrogens is 398 g/mol. The summed E-state index contributed by atoms with van der Waals surface area (Å²) in [6.45, 7) is 6.46. The molecule has 1 saturated heterocycles. The van der Waals surface area contributed by atoms with E-state index in [1.165, 1.54) is 30.7 Å². The first-order valence-electron chi connectivity index (χ1n) is 12.4. The number of aromatic nitrogens is 3. The number of hydrogen-bond donors (Lipinski definition) is 2. The summed E-state index contributed by atoms with van der Waals surface area (Å²) in [4.78, 5) is 7.05. The van der Waals surface area contributed by atoms with Crippen LogP contribution >= 0.6 is 0 Å². The van der Waals surface area contributed by atoms with Crippen LogP contribution in [0.3, 0.4) is 0 Å². The summed E-state index contributed by atoms with van der Waals surface area (Å²) >= 11 is 0.